The Hall–Kier alpha value is -3.61. The predicted octanol–water partition coefficient (Wildman–Crippen LogP) is 4.12. The standard InChI is InChI=1S/C20H17FN4O2/c1-12-9-18(19(27)23-16-7-3-5-14(10-16)13(2)26)25-20(22-12)24-17-8-4-6-15(21)11-17/h3-11H,1-2H3,(H,23,27)(H,22,24,25). The number of hydrogen-bond acceptors (Lipinski definition) is 5. The van der Waals surface area contributed by atoms with E-state index >= 15 is 0 Å². The average Bonchev–Trinajstić information content (AvgIpc) is 2.61. The first-order chi connectivity index (χ1) is 12.9. The predicted molar refractivity (Wildman–Crippen MR) is 101 cm³/mol. The third-order valence-electron chi connectivity index (χ3n) is 3.69. The molecular formula is C20H17FN4O2. The smallest absolute Gasteiger partial charge is 0.274 e. The Morgan fingerprint density at radius 3 is 2.44 bits per heavy atom. The summed E-state index contributed by atoms with van der Waals surface area (Å²) in [6.07, 6.45) is 0. The van der Waals surface area contributed by atoms with Gasteiger partial charge in [-0.3, -0.25) is 9.59 Å². The van der Waals surface area contributed by atoms with Crippen molar-refractivity contribution >= 4 is 29.0 Å². The van der Waals surface area contributed by atoms with Crippen molar-refractivity contribution in [1.29, 1.82) is 0 Å². The number of amides is 1. The third kappa shape index (κ3) is 4.72. The number of rotatable bonds is 5. The molecule has 2 N–H and O–H groups in total. The Morgan fingerprint density at radius 2 is 1.70 bits per heavy atom. The summed E-state index contributed by atoms with van der Waals surface area (Å²) in [6, 6.07) is 14.0. The van der Waals surface area contributed by atoms with Gasteiger partial charge in [-0.15, -0.1) is 0 Å². The molecule has 0 aliphatic carbocycles. The van der Waals surface area contributed by atoms with Crippen molar-refractivity contribution in [3.05, 3.63) is 77.4 Å². The van der Waals surface area contributed by atoms with E-state index in [2.05, 4.69) is 20.6 Å². The van der Waals surface area contributed by atoms with Gasteiger partial charge >= 0.3 is 0 Å². The lowest BCUT2D eigenvalue weighted by Crippen LogP contribution is -2.15. The molecule has 0 saturated carbocycles. The first-order valence-electron chi connectivity index (χ1n) is 8.21. The maximum absolute atomic E-state index is 13.3. The molecule has 0 fully saturated rings. The molecule has 0 bridgehead atoms. The molecule has 0 radical (unpaired) electrons. The van der Waals surface area contributed by atoms with Crippen molar-refractivity contribution in [1.82, 2.24) is 9.97 Å². The minimum absolute atomic E-state index is 0.0921. The second-order valence-electron chi connectivity index (χ2n) is 5.94. The molecule has 3 rings (SSSR count). The zero-order valence-electron chi connectivity index (χ0n) is 14.8. The first-order valence-corrected chi connectivity index (χ1v) is 8.21. The van der Waals surface area contributed by atoms with Gasteiger partial charge in [0.25, 0.3) is 5.91 Å². The Bertz CT molecular complexity index is 1020. The highest BCUT2D eigenvalue weighted by Crippen LogP contribution is 2.16. The van der Waals surface area contributed by atoms with E-state index in [-0.39, 0.29) is 17.4 Å². The molecule has 0 aliphatic heterocycles. The van der Waals surface area contributed by atoms with Gasteiger partial charge < -0.3 is 10.6 Å². The molecule has 0 aliphatic rings. The van der Waals surface area contributed by atoms with Crippen LogP contribution in [0.25, 0.3) is 0 Å². The average molecular weight is 364 g/mol. The Balaban J connectivity index is 1.82. The lowest BCUT2D eigenvalue weighted by atomic mass is 10.1. The molecule has 1 amide bonds. The zero-order valence-corrected chi connectivity index (χ0v) is 14.8. The summed E-state index contributed by atoms with van der Waals surface area (Å²) in [4.78, 5) is 32.4. The van der Waals surface area contributed by atoms with Crippen molar-refractivity contribution in [2.24, 2.45) is 0 Å². The van der Waals surface area contributed by atoms with E-state index in [1.165, 1.54) is 19.1 Å². The van der Waals surface area contributed by atoms with Gasteiger partial charge in [-0.05, 0) is 50.2 Å². The van der Waals surface area contributed by atoms with Gasteiger partial charge in [-0.1, -0.05) is 18.2 Å². The van der Waals surface area contributed by atoms with Crippen LogP contribution in [-0.2, 0) is 0 Å². The number of nitrogens with one attached hydrogen (secondary N) is 2. The summed E-state index contributed by atoms with van der Waals surface area (Å²) in [7, 11) is 0. The maximum Gasteiger partial charge on any atom is 0.274 e. The lowest BCUT2D eigenvalue weighted by molar-refractivity contribution is 0.100. The van der Waals surface area contributed by atoms with Crippen LogP contribution in [0.3, 0.4) is 0 Å². The molecule has 136 valence electrons. The van der Waals surface area contributed by atoms with Crippen LogP contribution in [0.4, 0.5) is 21.7 Å². The number of anilines is 3. The van der Waals surface area contributed by atoms with Crippen molar-refractivity contribution in [3.8, 4) is 0 Å². The molecule has 7 heteroatoms. The zero-order chi connectivity index (χ0) is 19.4. The van der Waals surface area contributed by atoms with Crippen LogP contribution >= 0.6 is 0 Å². The first kappa shape index (κ1) is 18.2. The summed E-state index contributed by atoms with van der Waals surface area (Å²) in [5.74, 6) is -0.742. The number of carbonyl (C=O) groups is 2. The number of aryl methyl sites for hydroxylation is 1. The van der Waals surface area contributed by atoms with Crippen molar-refractivity contribution < 1.29 is 14.0 Å². The quantitative estimate of drug-likeness (QED) is 0.665. The number of Topliss-reactive ketones (excluding diaryl/α,β-unsaturated/α-hetero) is 1. The van der Waals surface area contributed by atoms with Gasteiger partial charge in [-0.25, -0.2) is 14.4 Å². The molecule has 1 aromatic heterocycles. The Labute approximate surface area is 155 Å². The van der Waals surface area contributed by atoms with Crippen LogP contribution in [0.5, 0.6) is 0 Å². The number of benzene rings is 2. The number of hydrogen-bond donors (Lipinski definition) is 2. The molecule has 3 aromatic rings. The summed E-state index contributed by atoms with van der Waals surface area (Å²) in [6.45, 7) is 3.19. The number of ketones is 1. The minimum Gasteiger partial charge on any atom is -0.324 e. The van der Waals surface area contributed by atoms with Gasteiger partial charge in [0.05, 0.1) is 0 Å². The topological polar surface area (TPSA) is 84.0 Å². The van der Waals surface area contributed by atoms with E-state index in [4.69, 9.17) is 0 Å². The van der Waals surface area contributed by atoms with Crippen molar-refractivity contribution in [2.45, 2.75) is 13.8 Å². The molecule has 0 spiro atoms. The van der Waals surface area contributed by atoms with E-state index in [0.29, 0.717) is 22.6 Å². The van der Waals surface area contributed by atoms with Gasteiger partial charge in [0.1, 0.15) is 11.5 Å². The van der Waals surface area contributed by atoms with E-state index in [0.717, 1.165) is 0 Å². The number of halogens is 1. The number of nitrogens with zero attached hydrogens (tertiary/aromatic N) is 2. The molecule has 0 atom stereocenters. The number of aromatic nitrogens is 2. The van der Waals surface area contributed by atoms with Gasteiger partial charge in [0, 0.05) is 22.6 Å². The molecular weight excluding hydrogens is 347 g/mol. The van der Waals surface area contributed by atoms with E-state index in [9.17, 15) is 14.0 Å². The van der Waals surface area contributed by atoms with Crippen LogP contribution in [0.2, 0.25) is 0 Å². The molecule has 1 heterocycles. The van der Waals surface area contributed by atoms with Crippen LogP contribution < -0.4 is 10.6 Å². The Morgan fingerprint density at radius 1 is 0.963 bits per heavy atom. The largest absolute Gasteiger partial charge is 0.324 e. The van der Waals surface area contributed by atoms with Gasteiger partial charge in [0.2, 0.25) is 5.95 Å². The summed E-state index contributed by atoms with van der Waals surface area (Å²) in [5, 5.41) is 5.59. The Kier molecular flexibility index (Phi) is 5.21. The third-order valence-corrected chi connectivity index (χ3v) is 3.69. The molecule has 27 heavy (non-hydrogen) atoms. The van der Waals surface area contributed by atoms with Crippen molar-refractivity contribution in [2.75, 3.05) is 10.6 Å². The fraction of sp³-hybridized carbons (Fsp3) is 0.100. The summed E-state index contributed by atoms with van der Waals surface area (Å²) in [5.41, 5.74) is 2.19. The van der Waals surface area contributed by atoms with Crippen LogP contribution in [-0.4, -0.2) is 21.7 Å². The van der Waals surface area contributed by atoms with Crippen LogP contribution in [0.15, 0.2) is 54.6 Å². The molecule has 0 unspecified atom stereocenters. The van der Waals surface area contributed by atoms with Crippen molar-refractivity contribution in [3.63, 3.8) is 0 Å². The normalized spacial score (nSPS) is 10.3. The second kappa shape index (κ2) is 7.74. The number of carbonyl (C=O) groups excluding carboxylic acids is 2. The van der Waals surface area contributed by atoms with E-state index in [1.807, 2.05) is 0 Å². The fourth-order valence-electron chi connectivity index (χ4n) is 2.45. The van der Waals surface area contributed by atoms with E-state index in [1.54, 1.807) is 49.4 Å². The van der Waals surface area contributed by atoms with Gasteiger partial charge in [0.15, 0.2) is 5.78 Å². The lowest BCUT2D eigenvalue weighted by Gasteiger charge is -2.09. The molecule has 6 nitrogen and oxygen atoms in total. The highest BCUT2D eigenvalue weighted by Gasteiger charge is 2.12. The molecule has 0 saturated heterocycles. The SMILES string of the molecule is CC(=O)c1cccc(NC(=O)c2cc(C)nc(Nc3cccc(F)c3)n2)c1. The van der Waals surface area contributed by atoms with E-state index < -0.39 is 11.7 Å². The monoisotopic (exact) mass is 364 g/mol. The van der Waals surface area contributed by atoms with Gasteiger partial charge in [-0.2, -0.15) is 0 Å². The minimum atomic E-state index is -0.441. The summed E-state index contributed by atoms with van der Waals surface area (Å²) >= 11 is 0. The maximum atomic E-state index is 13.3. The summed E-state index contributed by atoms with van der Waals surface area (Å²) < 4.78 is 13.3. The molecule has 2 aromatic carbocycles. The van der Waals surface area contributed by atoms with Crippen LogP contribution in [0.1, 0.15) is 33.5 Å². The second-order valence-corrected chi connectivity index (χ2v) is 5.94. The fourth-order valence-corrected chi connectivity index (χ4v) is 2.45. The highest BCUT2D eigenvalue weighted by molar-refractivity contribution is 6.04. The highest BCUT2D eigenvalue weighted by atomic mass is 19.1. The van der Waals surface area contributed by atoms with Crippen LogP contribution in [0, 0.1) is 12.7 Å².